The average molecular weight is 297 g/mol. The van der Waals surface area contributed by atoms with Crippen LogP contribution in [0.1, 0.15) is 0 Å². The van der Waals surface area contributed by atoms with Gasteiger partial charge in [-0.1, -0.05) is 15.9 Å². The normalized spacial score (nSPS) is 8.57. The lowest BCUT2D eigenvalue weighted by molar-refractivity contribution is -0.00000132. The van der Waals surface area contributed by atoms with Gasteiger partial charge in [-0.3, -0.25) is 0 Å². The van der Waals surface area contributed by atoms with Crippen molar-refractivity contribution in [2.45, 2.75) is 0 Å². The summed E-state index contributed by atoms with van der Waals surface area (Å²) in [5.41, 5.74) is 0. The summed E-state index contributed by atoms with van der Waals surface area (Å²) in [7, 11) is 0.638. The average Bonchev–Trinajstić information content (AvgIpc) is 1.35. The number of rotatable bonds is 2. The Balaban J connectivity index is 0. The fraction of sp³-hybridized carbons (Fsp3) is 1.00. The maximum Gasteiger partial charge on any atom is 0.117 e. The summed E-state index contributed by atoms with van der Waals surface area (Å²) in [5.74, 6) is 1.32. The van der Waals surface area contributed by atoms with Crippen molar-refractivity contribution in [1.29, 1.82) is 0 Å². The molecule has 0 rings (SSSR count). The maximum absolute atomic E-state index is 3.36. The monoisotopic (exact) mass is 296 g/mol. The third-order valence-corrected chi connectivity index (χ3v) is 2.43. The molecule has 46 valence electrons. The van der Waals surface area contributed by atoms with Crippen LogP contribution in [0.15, 0.2) is 0 Å². The second-order valence-electron chi connectivity index (χ2n) is 1.38. The molecule has 0 saturated carbocycles. The number of hydrogen-bond donors (Lipinski definition) is 0. The summed E-state index contributed by atoms with van der Waals surface area (Å²) in [6.45, 7) is 0. The highest BCUT2D eigenvalue weighted by Gasteiger charge is 1.95. The largest absolute Gasteiger partial charge is 1.00 e. The molecule has 0 aliphatic rings. The Hall–Kier alpha value is 1.56. The van der Waals surface area contributed by atoms with E-state index in [9.17, 15) is 0 Å². The van der Waals surface area contributed by atoms with Crippen molar-refractivity contribution in [2.75, 3.05) is 23.6 Å². The molecule has 0 unspecified atom stereocenters. The van der Waals surface area contributed by atoms with Crippen LogP contribution in [0.2, 0.25) is 0 Å². The van der Waals surface area contributed by atoms with E-state index in [4.69, 9.17) is 0 Å². The van der Waals surface area contributed by atoms with Gasteiger partial charge < -0.3 is 24.0 Å². The molecule has 0 bridgehead atoms. The van der Waals surface area contributed by atoms with Crippen LogP contribution in [0.3, 0.4) is 0 Å². The molecular weight excluding hydrogens is 287 g/mol. The molecule has 0 aromatic heterocycles. The van der Waals surface area contributed by atoms with E-state index < -0.39 is 0 Å². The van der Waals surface area contributed by atoms with Gasteiger partial charge in [-0.25, -0.2) is 0 Å². The van der Waals surface area contributed by atoms with E-state index in [-0.39, 0.29) is 24.0 Å². The second-order valence-corrected chi connectivity index (χ2v) is 4.55. The highest BCUT2D eigenvalue weighted by atomic mass is 127. The summed E-state index contributed by atoms with van der Waals surface area (Å²) >= 11 is 3.36. The topological polar surface area (TPSA) is 0 Å². The molecule has 0 N–H and O–H groups in total. The van der Waals surface area contributed by atoms with Crippen LogP contribution in [-0.2, 0) is 10.9 Å². The molecule has 0 heterocycles. The first-order chi connectivity index (χ1) is 2.77. The van der Waals surface area contributed by atoms with Crippen molar-refractivity contribution in [3.8, 4) is 0 Å². The fourth-order valence-electron chi connectivity index (χ4n) is 0.154. The molecule has 0 aromatic rings. The zero-order valence-electron chi connectivity index (χ0n) is 4.58. The minimum absolute atomic E-state index is 0. The van der Waals surface area contributed by atoms with Gasteiger partial charge in [0.15, 0.2) is 0 Å². The molecule has 0 spiro atoms. The molecule has 0 radical (unpaired) electrons. The van der Waals surface area contributed by atoms with E-state index in [2.05, 4.69) is 28.4 Å². The van der Waals surface area contributed by atoms with Crippen molar-refractivity contribution in [2.24, 2.45) is 0 Å². The van der Waals surface area contributed by atoms with Gasteiger partial charge in [0.1, 0.15) is 5.75 Å². The first kappa shape index (κ1) is 11.4. The van der Waals surface area contributed by atoms with E-state index in [0.29, 0.717) is 10.9 Å². The van der Waals surface area contributed by atoms with Gasteiger partial charge >= 0.3 is 0 Å². The summed E-state index contributed by atoms with van der Waals surface area (Å²) < 4.78 is 0. The molecule has 7 heavy (non-hydrogen) atoms. The third-order valence-electron chi connectivity index (χ3n) is 0.485. The Morgan fingerprint density at radius 1 is 1.43 bits per heavy atom. The van der Waals surface area contributed by atoms with Crippen LogP contribution in [0.5, 0.6) is 0 Å². The number of hydrogen-bond acceptors (Lipinski definition) is 0. The maximum atomic E-state index is 3.36. The molecule has 0 amide bonds. The van der Waals surface area contributed by atoms with Crippen LogP contribution in [0.4, 0.5) is 0 Å². The van der Waals surface area contributed by atoms with E-state index in [1.54, 1.807) is 0 Å². The van der Waals surface area contributed by atoms with E-state index in [1.807, 2.05) is 0 Å². The quantitative estimate of drug-likeness (QED) is 0.323. The van der Waals surface area contributed by atoms with Gasteiger partial charge in [0.25, 0.3) is 0 Å². The lowest BCUT2D eigenvalue weighted by Crippen LogP contribution is -3.00. The predicted octanol–water partition coefficient (Wildman–Crippen LogP) is -1.74. The van der Waals surface area contributed by atoms with Crippen LogP contribution in [-0.4, -0.2) is 23.6 Å². The van der Waals surface area contributed by atoms with Gasteiger partial charge in [-0.15, -0.1) is 0 Å². The molecule has 3 heteroatoms. The Bertz CT molecular complexity index is 32.9. The van der Waals surface area contributed by atoms with Crippen LogP contribution < -0.4 is 24.0 Å². The molecular formula is C4H10BrIS. The van der Waals surface area contributed by atoms with E-state index in [0.717, 1.165) is 5.33 Å². The van der Waals surface area contributed by atoms with E-state index in [1.165, 1.54) is 5.75 Å². The van der Waals surface area contributed by atoms with Gasteiger partial charge in [0, 0.05) is 5.33 Å². The number of halogens is 2. The minimum atomic E-state index is 0. The van der Waals surface area contributed by atoms with Crippen LogP contribution >= 0.6 is 15.9 Å². The molecule has 0 fully saturated rings. The first-order valence-corrected chi connectivity index (χ1v) is 5.20. The van der Waals surface area contributed by atoms with Gasteiger partial charge in [-0.05, 0) is 10.9 Å². The van der Waals surface area contributed by atoms with Crippen molar-refractivity contribution in [1.82, 2.24) is 0 Å². The highest BCUT2D eigenvalue weighted by Crippen LogP contribution is 1.86. The zero-order chi connectivity index (χ0) is 4.99. The first-order valence-electron chi connectivity index (χ1n) is 1.87. The molecule has 0 aromatic carbocycles. The van der Waals surface area contributed by atoms with Crippen molar-refractivity contribution < 1.29 is 24.0 Å². The lowest BCUT2D eigenvalue weighted by Gasteiger charge is -1.86. The van der Waals surface area contributed by atoms with Crippen LogP contribution in [0.25, 0.3) is 0 Å². The van der Waals surface area contributed by atoms with Crippen molar-refractivity contribution >= 4 is 26.8 Å². The zero-order valence-corrected chi connectivity index (χ0v) is 9.14. The Labute approximate surface area is 73.9 Å². The molecule has 0 saturated heterocycles. The fourth-order valence-corrected chi connectivity index (χ4v) is 2.41. The van der Waals surface area contributed by atoms with Gasteiger partial charge in [0.2, 0.25) is 0 Å². The van der Waals surface area contributed by atoms with Crippen LogP contribution in [0, 0.1) is 0 Å². The van der Waals surface area contributed by atoms with Gasteiger partial charge in [0.05, 0.1) is 12.5 Å². The molecule has 0 aliphatic heterocycles. The summed E-state index contributed by atoms with van der Waals surface area (Å²) in [5, 5.41) is 1.16. The second kappa shape index (κ2) is 7.56. The van der Waals surface area contributed by atoms with Crippen molar-refractivity contribution in [3.63, 3.8) is 0 Å². The summed E-state index contributed by atoms with van der Waals surface area (Å²) in [6.07, 6.45) is 4.50. The number of alkyl halides is 1. The van der Waals surface area contributed by atoms with Gasteiger partial charge in [-0.2, -0.15) is 0 Å². The molecule has 0 nitrogen and oxygen atoms in total. The Morgan fingerprint density at radius 2 is 1.86 bits per heavy atom. The summed E-state index contributed by atoms with van der Waals surface area (Å²) in [4.78, 5) is 0. The molecule has 0 aliphatic carbocycles. The SMILES string of the molecule is C[S+](C)CCBr.[I-]. The third kappa shape index (κ3) is 11.2. The molecule has 0 atom stereocenters. The minimum Gasteiger partial charge on any atom is -1.00 e. The van der Waals surface area contributed by atoms with E-state index >= 15 is 0 Å². The standard InChI is InChI=1S/C4H10BrS.HI/c1-6(2)4-3-5;/h3-4H2,1-2H3;1H/q+1;/p-1. The predicted molar refractivity (Wildman–Crippen MR) is 37.9 cm³/mol. The Kier molecular flexibility index (Phi) is 12.3. The van der Waals surface area contributed by atoms with Crippen molar-refractivity contribution in [3.05, 3.63) is 0 Å². The summed E-state index contributed by atoms with van der Waals surface area (Å²) in [6, 6.07) is 0. The highest BCUT2D eigenvalue weighted by molar-refractivity contribution is 9.09. The Morgan fingerprint density at radius 3 is 1.86 bits per heavy atom. The lowest BCUT2D eigenvalue weighted by atomic mass is 11.0. The smallest absolute Gasteiger partial charge is 0.117 e.